The first kappa shape index (κ1) is 22.9. The van der Waals surface area contributed by atoms with Crippen LogP contribution in [0, 0.1) is 0 Å². The molecule has 1 heterocycles. The van der Waals surface area contributed by atoms with Gasteiger partial charge in [-0.05, 0) is 61.0 Å². The fraction of sp³-hybridized carbons (Fsp3) is 0.0909. The quantitative estimate of drug-likeness (QED) is 0.275. The first-order valence-corrected chi connectivity index (χ1v) is 12.0. The molecule has 0 radical (unpaired) electrons. The third-order valence-corrected chi connectivity index (χ3v) is 7.12. The second kappa shape index (κ2) is 9.30. The number of aromatic amines is 1. The fourth-order valence-corrected chi connectivity index (χ4v) is 4.75. The lowest BCUT2D eigenvalue weighted by Gasteiger charge is -2.17. The van der Waals surface area contributed by atoms with Crippen molar-refractivity contribution in [1.82, 2.24) is 15.3 Å². The van der Waals surface area contributed by atoms with Crippen molar-refractivity contribution in [2.75, 3.05) is 10.0 Å². The van der Waals surface area contributed by atoms with Crippen LogP contribution in [0.25, 0.3) is 11.0 Å². The number of aromatic nitrogens is 2. The number of nitrogens with one attached hydrogen (secondary N) is 4. The van der Waals surface area contributed by atoms with Crippen LogP contribution in [0.1, 0.15) is 18.5 Å². The first-order chi connectivity index (χ1) is 15.7. The monoisotopic (exact) mass is 503 g/mol. The van der Waals surface area contributed by atoms with E-state index >= 15 is 0 Å². The Morgan fingerprint density at radius 2 is 1.76 bits per heavy atom. The van der Waals surface area contributed by atoms with Gasteiger partial charge in [-0.25, -0.2) is 18.2 Å². The maximum atomic E-state index is 12.7. The largest absolute Gasteiger partial charge is 0.345 e. The molecular formula is C22H19Cl2N5O3S. The lowest BCUT2D eigenvalue weighted by Crippen LogP contribution is -2.31. The maximum absolute atomic E-state index is 12.7. The minimum atomic E-state index is -3.81. The number of carbonyl (C=O) groups is 1. The van der Waals surface area contributed by atoms with E-state index in [-0.39, 0.29) is 4.90 Å². The molecule has 0 aliphatic rings. The summed E-state index contributed by atoms with van der Waals surface area (Å²) >= 11 is 12.2. The van der Waals surface area contributed by atoms with E-state index in [0.29, 0.717) is 32.5 Å². The van der Waals surface area contributed by atoms with E-state index < -0.39 is 22.1 Å². The summed E-state index contributed by atoms with van der Waals surface area (Å²) < 4.78 is 28.0. The summed E-state index contributed by atoms with van der Waals surface area (Å²) in [7, 11) is -3.81. The maximum Gasteiger partial charge on any atom is 0.319 e. The van der Waals surface area contributed by atoms with Crippen molar-refractivity contribution in [2.45, 2.75) is 17.9 Å². The van der Waals surface area contributed by atoms with E-state index in [4.69, 9.17) is 23.2 Å². The number of imidazole rings is 1. The second-order valence-electron chi connectivity index (χ2n) is 7.23. The Bertz CT molecular complexity index is 1420. The predicted octanol–water partition coefficient (Wildman–Crippen LogP) is 5.55. The molecule has 1 atom stereocenters. The zero-order valence-electron chi connectivity index (χ0n) is 17.3. The number of hydrogen-bond acceptors (Lipinski definition) is 4. The molecule has 1 unspecified atom stereocenters. The van der Waals surface area contributed by atoms with Gasteiger partial charge in [-0.1, -0.05) is 35.3 Å². The third-order valence-electron chi connectivity index (χ3n) is 4.89. The van der Waals surface area contributed by atoms with Gasteiger partial charge in [0.2, 0.25) is 0 Å². The lowest BCUT2D eigenvalue weighted by atomic mass is 10.1. The van der Waals surface area contributed by atoms with Crippen molar-refractivity contribution in [3.05, 3.63) is 82.6 Å². The van der Waals surface area contributed by atoms with Crippen molar-refractivity contribution in [2.24, 2.45) is 0 Å². The Kier molecular flexibility index (Phi) is 6.46. The Morgan fingerprint density at radius 1 is 1.03 bits per heavy atom. The Balaban J connectivity index is 1.40. The number of anilines is 2. The molecule has 11 heteroatoms. The molecule has 0 aliphatic heterocycles. The zero-order chi connectivity index (χ0) is 23.6. The molecule has 0 bridgehead atoms. The summed E-state index contributed by atoms with van der Waals surface area (Å²) in [5, 5.41) is 6.22. The topological polar surface area (TPSA) is 116 Å². The average molecular weight is 504 g/mol. The van der Waals surface area contributed by atoms with Gasteiger partial charge in [0, 0.05) is 5.69 Å². The number of benzene rings is 3. The highest BCUT2D eigenvalue weighted by Crippen LogP contribution is 2.29. The van der Waals surface area contributed by atoms with Crippen molar-refractivity contribution in [1.29, 1.82) is 0 Å². The molecule has 2 amide bonds. The number of rotatable bonds is 6. The summed E-state index contributed by atoms with van der Waals surface area (Å²) in [4.78, 5) is 19.5. The van der Waals surface area contributed by atoms with E-state index in [1.165, 1.54) is 30.6 Å². The van der Waals surface area contributed by atoms with Gasteiger partial charge >= 0.3 is 6.03 Å². The van der Waals surface area contributed by atoms with Crippen molar-refractivity contribution < 1.29 is 13.2 Å². The average Bonchev–Trinajstić information content (AvgIpc) is 3.23. The predicted molar refractivity (Wildman–Crippen MR) is 130 cm³/mol. The van der Waals surface area contributed by atoms with Crippen LogP contribution < -0.4 is 15.4 Å². The van der Waals surface area contributed by atoms with Crippen LogP contribution in [0.4, 0.5) is 16.2 Å². The van der Waals surface area contributed by atoms with Gasteiger partial charge in [-0.15, -0.1) is 0 Å². The molecule has 8 nitrogen and oxygen atoms in total. The molecule has 0 fully saturated rings. The first-order valence-electron chi connectivity index (χ1n) is 9.80. The molecule has 0 aliphatic carbocycles. The van der Waals surface area contributed by atoms with Crippen molar-refractivity contribution in [3.8, 4) is 0 Å². The normalized spacial score (nSPS) is 12.3. The van der Waals surface area contributed by atoms with Crippen LogP contribution in [0.2, 0.25) is 10.0 Å². The van der Waals surface area contributed by atoms with E-state index in [1.807, 2.05) is 0 Å². The smallest absolute Gasteiger partial charge is 0.319 e. The van der Waals surface area contributed by atoms with Gasteiger partial charge in [-0.2, -0.15) is 0 Å². The molecule has 0 saturated carbocycles. The number of amides is 2. The highest BCUT2D eigenvalue weighted by molar-refractivity contribution is 7.92. The number of sulfonamides is 1. The van der Waals surface area contributed by atoms with Crippen LogP contribution in [0.15, 0.2) is 71.9 Å². The number of urea groups is 1. The number of H-pyrrole nitrogens is 1. The molecule has 33 heavy (non-hydrogen) atoms. The Hall–Kier alpha value is -3.27. The van der Waals surface area contributed by atoms with E-state index in [2.05, 4.69) is 25.3 Å². The van der Waals surface area contributed by atoms with Crippen LogP contribution in [0.5, 0.6) is 0 Å². The van der Waals surface area contributed by atoms with Crippen molar-refractivity contribution >= 4 is 61.7 Å². The van der Waals surface area contributed by atoms with E-state index in [9.17, 15) is 13.2 Å². The van der Waals surface area contributed by atoms with Gasteiger partial charge in [0.15, 0.2) is 0 Å². The summed E-state index contributed by atoms with van der Waals surface area (Å²) in [6.07, 6.45) is 1.54. The van der Waals surface area contributed by atoms with Gasteiger partial charge in [-0.3, -0.25) is 4.72 Å². The molecular weight excluding hydrogens is 485 g/mol. The summed E-state index contributed by atoms with van der Waals surface area (Å²) in [5.74, 6) is 0. The highest BCUT2D eigenvalue weighted by Gasteiger charge is 2.17. The minimum absolute atomic E-state index is 0.0530. The number of nitrogens with zero attached hydrogens (tertiary/aromatic N) is 1. The molecule has 170 valence electrons. The standard InChI is InChI=1S/C22H19Cl2N5O3S/c1-13(17-3-2-4-18(23)21(17)24)27-22(30)28-14-5-8-16(9-6-14)33(31,32)29-15-7-10-19-20(11-15)26-12-25-19/h2-13,29H,1H3,(H,25,26)(H2,27,28,30). The van der Waals surface area contributed by atoms with Crippen LogP contribution in [-0.4, -0.2) is 24.4 Å². The minimum Gasteiger partial charge on any atom is -0.345 e. The highest BCUT2D eigenvalue weighted by atomic mass is 35.5. The van der Waals surface area contributed by atoms with Gasteiger partial charge in [0.05, 0.1) is 44.0 Å². The number of fused-ring (bicyclic) bond motifs is 1. The van der Waals surface area contributed by atoms with Crippen LogP contribution >= 0.6 is 23.2 Å². The molecule has 0 saturated heterocycles. The van der Waals surface area contributed by atoms with Gasteiger partial charge < -0.3 is 15.6 Å². The van der Waals surface area contributed by atoms with Gasteiger partial charge in [0.1, 0.15) is 0 Å². The van der Waals surface area contributed by atoms with E-state index in [0.717, 1.165) is 5.52 Å². The fourth-order valence-electron chi connectivity index (χ4n) is 3.23. The second-order valence-corrected chi connectivity index (χ2v) is 9.70. The zero-order valence-corrected chi connectivity index (χ0v) is 19.6. The summed E-state index contributed by atoms with van der Waals surface area (Å²) in [6, 6.07) is 15.2. The lowest BCUT2D eigenvalue weighted by molar-refractivity contribution is 0.249. The van der Waals surface area contributed by atoms with E-state index in [1.54, 1.807) is 43.3 Å². The SMILES string of the molecule is CC(NC(=O)Nc1ccc(S(=O)(=O)Nc2ccc3nc[nH]c3c2)cc1)c1cccc(Cl)c1Cl. The summed E-state index contributed by atoms with van der Waals surface area (Å²) in [6.45, 7) is 1.78. The molecule has 4 N–H and O–H groups in total. The molecule has 0 spiro atoms. The van der Waals surface area contributed by atoms with Crippen LogP contribution in [0.3, 0.4) is 0 Å². The van der Waals surface area contributed by atoms with Crippen LogP contribution in [-0.2, 0) is 10.0 Å². The molecule has 1 aromatic heterocycles. The Labute approximate surface area is 200 Å². The van der Waals surface area contributed by atoms with Crippen molar-refractivity contribution in [3.63, 3.8) is 0 Å². The number of halogens is 2. The Morgan fingerprint density at radius 3 is 2.52 bits per heavy atom. The number of carbonyl (C=O) groups excluding carboxylic acids is 1. The third kappa shape index (κ3) is 5.22. The summed E-state index contributed by atoms with van der Waals surface area (Å²) in [5.41, 5.74) is 2.96. The molecule has 4 aromatic rings. The number of hydrogen-bond donors (Lipinski definition) is 4. The molecule has 4 rings (SSSR count). The van der Waals surface area contributed by atoms with Gasteiger partial charge in [0.25, 0.3) is 10.0 Å². The molecule has 3 aromatic carbocycles.